The van der Waals surface area contributed by atoms with Crippen molar-refractivity contribution in [3.63, 3.8) is 0 Å². The molecule has 2 aromatic rings. The molecule has 0 spiro atoms. The lowest BCUT2D eigenvalue weighted by Crippen LogP contribution is -2.62. The molecule has 2 rings (SSSR count). The van der Waals surface area contributed by atoms with Crippen LogP contribution in [-0.2, 0) is 46.6 Å². The predicted molar refractivity (Wildman–Crippen MR) is 203 cm³/mol. The Hall–Kier alpha value is -2.73. The number of nitrogens with zero attached hydrogens (tertiary/aromatic N) is 2. The highest BCUT2D eigenvalue weighted by Crippen LogP contribution is 2.35. The van der Waals surface area contributed by atoms with Gasteiger partial charge in [0.1, 0.15) is 29.5 Å². The molecule has 0 bridgehead atoms. The Balaban J connectivity index is 0.000000880. The first-order valence-corrected chi connectivity index (χ1v) is 21.7. The minimum absolute atomic E-state index is 0.178. The average Bonchev–Trinajstić information content (AvgIpc) is 3.71. The fourth-order valence-electron chi connectivity index (χ4n) is 6.48. The van der Waals surface area contributed by atoms with E-state index in [9.17, 15) is 32.8 Å². The number of aliphatic carboxylic acids is 2. The molecule has 0 aliphatic rings. The molecule has 302 valence electrons. The molecule has 2 unspecified atom stereocenters. The minimum Gasteiger partial charge on any atom is -0.550 e. The van der Waals surface area contributed by atoms with Gasteiger partial charge >= 0.3 is 0 Å². The number of carbonyl (C=O) groups is 2. The van der Waals surface area contributed by atoms with E-state index in [-0.39, 0.29) is 12.8 Å². The van der Waals surface area contributed by atoms with Crippen LogP contribution in [0.15, 0.2) is 24.8 Å². The zero-order valence-corrected chi connectivity index (χ0v) is 34.4. The average molecular weight is 755 g/mol. The Morgan fingerprint density at radius 1 is 0.654 bits per heavy atom. The number of imidazole rings is 2. The number of H-pyrrole nitrogens is 2. The van der Waals surface area contributed by atoms with Crippen molar-refractivity contribution in [3.8, 4) is 0 Å². The number of rotatable bonds is 28. The topological polar surface area (TPSA) is 174 Å². The summed E-state index contributed by atoms with van der Waals surface area (Å²) in [6.07, 6.45) is 30.0. The van der Waals surface area contributed by atoms with Gasteiger partial charge in [0.15, 0.2) is 0 Å². The second kappa shape index (κ2) is 29.7. The van der Waals surface area contributed by atoms with Gasteiger partial charge in [0.25, 0.3) is 21.8 Å². The third kappa shape index (κ3) is 19.9. The molecule has 0 saturated carbocycles. The number of aryl methyl sites for hydroxylation is 4. The highest BCUT2D eigenvalue weighted by atomic mass is 32.2. The maximum atomic E-state index is 12.0. The highest BCUT2D eigenvalue weighted by Gasteiger charge is 2.51. The van der Waals surface area contributed by atoms with Crippen molar-refractivity contribution in [2.24, 2.45) is 20.0 Å². The number of hydrogen-bond acceptors (Lipinski definition) is 6. The Morgan fingerprint density at radius 2 is 1.02 bits per heavy atom. The van der Waals surface area contributed by atoms with Crippen LogP contribution >= 0.6 is 0 Å². The Morgan fingerprint density at radius 3 is 1.35 bits per heavy atom. The molecule has 0 saturated heterocycles. The predicted octanol–water partition coefficient (Wildman–Crippen LogP) is 6.15. The first-order chi connectivity index (χ1) is 24.8. The zero-order chi connectivity index (χ0) is 39.3. The second-order valence-corrected chi connectivity index (χ2v) is 15.9. The number of carboxylic acids is 2. The molecule has 0 aromatic carbocycles. The summed E-state index contributed by atoms with van der Waals surface area (Å²) < 4.78 is 35.2. The number of aromatic amines is 2. The van der Waals surface area contributed by atoms with Crippen molar-refractivity contribution in [2.45, 2.75) is 187 Å². The van der Waals surface area contributed by atoms with Crippen molar-refractivity contribution in [3.05, 3.63) is 36.4 Å². The number of carboxylic acid groups (broad SMARTS) is 2. The number of aromatic nitrogens is 4. The van der Waals surface area contributed by atoms with E-state index in [1.165, 1.54) is 75.9 Å². The summed E-state index contributed by atoms with van der Waals surface area (Å²) in [6, 6.07) is 0. The van der Waals surface area contributed by atoms with Gasteiger partial charge in [0, 0.05) is 24.7 Å². The molecule has 0 aliphatic carbocycles. The fourth-order valence-corrected chi connectivity index (χ4v) is 7.67. The van der Waals surface area contributed by atoms with Crippen LogP contribution < -0.4 is 19.3 Å². The molecule has 2 heterocycles. The molecule has 12 heteroatoms. The number of hydrogen-bond donors (Lipinski definition) is 3. The minimum atomic E-state index is -5.20. The van der Waals surface area contributed by atoms with Crippen LogP contribution in [0.4, 0.5) is 0 Å². The summed E-state index contributed by atoms with van der Waals surface area (Å²) in [4.78, 5) is 30.0. The van der Waals surface area contributed by atoms with Crippen molar-refractivity contribution in [1.29, 1.82) is 0 Å². The quantitative estimate of drug-likeness (QED) is 0.0530. The van der Waals surface area contributed by atoms with Gasteiger partial charge in [-0.15, -0.1) is 0 Å². The first-order valence-electron chi connectivity index (χ1n) is 20.3. The molecule has 0 fully saturated rings. The van der Waals surface area contributed by atoms with E-state index in [4.69, 9.17) is 0 Å². The smallest absolute Gasteiger partial charge is 0.276 e. The Kier molecular flexibility index (Phi) is 28.1. The molecule has 3 N–H and O–H groups in total. The van der Waals surface area contributed by atoms with Crippen LogP contribution in [0.5, 0.6) is 0 Å². The van der Waals surface area contributed by atoms with Crippen LogP contribution in [-0.4, -0.2) is 39.6 Å². The molecule has 2 aromatic heterocycles. The number of nitrogens with one attached hydrogen (secondary N) is 2. The maximum Gasteiger partial charge on any atom is 0.276 e. The fraction of sp³-hybridized carbons (Fsp3) is 0.800. The van der Waals surface area contributed by atoms with Gasteiger partial charge < -0.3 is 19.8 Å². The van der Waals surface area contributed by atoms with E-state index in [0.29, 0.717) is 19.3 Å². The molecule has 2 atom stereocenters. The van der Waals surface area contributed by atoms with E-state index >= 15 is 0 Å². The SMILES string of the molecule is CCCCCCCCC(C(=O)[O-])C(CCCCCCCC)(C(=O)[O-])S(=O)(=O)O.CCCCCCc1[nH]cc[n+]1C.CCCCCCc1[nH]cc[n+]1C. The highest BCUT2D eigenvalue weighted by molar-refractivity contribution is 7.88. The number of unbranched alkanes of at least 4 members (excludes halogenated alkanes) is 16. The molecule has 0 radical (unpaired) electrons. The second-order valence-electron chi connectivity index (χ2n) is 14.3. The molecular formula is C40H74N4O7S. The summed E-state index contributed by atoms with van der Waals surface area (Å²) in [7, 11) is -1.02. The van der Waals surface area contributed by atoms with E-state index in [2.05, 4.69) is 66.4 Å². The monoisotopic (exact) mass is 755 g/mol. The maximum absolute atomic E-state index is 12.0. The van der Waals surface area contributed by atoms with Gasteiger partial charge in [-0.2, -0.15) is 8.42 Å². The first kappa shape index (κ1) is 49.3. The third-order valence-electron chi connectivity index (χ3n) is 9.88. The van der Waals surface area contributed by atoms with Crippen molar-refractivity contribution in [1.82, 2.24) is 9.97 Å². The van der Waals surface area contributed by atoms with Gasteiger partial charge in [-0.25, -0.2) is 19.1 Å². The Labute approximate surface area is 316 Å². The van der Waals surface area contributed by atoms with Gasteiger partial charge in [0.2, 0.25) is 0 Å². The Bertz CT molecular complexity index is 1250. The van der Waals surface area contributed by atoms with Gasteiger partial charge in [-0.1, -0.05) is 143 Å². The van der Waals surface area contributed by atoms with Gasteiger partial charge in [-0.05, 0) is 25.7 Å². The zero-order valence-electron chi connectivity index (χ0n) is 33.6. The van der Waals surface area contributed by atoms with Gasteiger partial charge in [0.05, 0.1) is 20.1 Å². The van der Waals surface area contributed by atoms with Crippen LogP contribution in [0.25, 0.3) is 0 Å². The van der Waals surface area contributed by atoms with E-state index in [1.54, 1.807) is 0 Å². The lowest BCUT2D eigenvalue weighted by Gasteiger charge is -2.39. The third-order valence-corrected chi connectivity index (χ3v) is 11.5. The van der Waals surface area contributed by atoms with Crippen molar-refractivity contribution in [2.75, 3.05) is 0 Å². The standard InChI is InChI=1S/C20H38O7S.2C10H18N2/c1-3-5-7-9-11-13-15-17(18(21)22)20(19(23)24,28(25,26)27)16-14-12-10-8-6-4-2;2*1-3-4-5-6-7-10-11-8-9-12(10)2/h17H,3-16H2,1-2H3,(H,21,22)(H,23,24)(H,25,26,27);2*8-9H,3-7H2,1-2H3. The van der Waals surface area contributed by atoms with Crippen molar-refractivity contribution >= 4 is 22.1 Å². The van der Waals surface area contributed by atoms with E-state index in [0.717, 1.165) is 51.4 Å². The van der Waals surface area contributed by atoms with Crippen LogP contribution in [0.1, 0.15) is 181 Å². The van der Waals surface area contributed by atoms with Crippen LogP contribution in [0.2, 0.25) is 0 Å². The molecule has 11 nitrogen and oxygen atoms in total. The normalized spacial score (nSPS) is 13.0. The van der Waals surface area contributed by atoms with E-state index in [1.807, 2.05) is 19.3 Å². The summed E-state index contributed by atoms with van der Waals surface area (Å²) >= 11 is 0. The molecule has 0 amide bonds. The molecule has 52 heavy (non-hydrogen) atoms. The molecule has 0 aliphatic heterocycles. The molecular weight excluding hydrogens is 681 g/mol. The summed E-state index contributed by atoms with van der Waals surface area (Å²) in [6.45, 7) is 8.60. The summed E-state index contributed by atoms with van der Waals surface area (Å²) in [5, 5.41) is 23.5. The van der Waals surface area contributed by atoms with Gasteiger partial charge in [-0.3, -0.25) is 4.55 Å². The summed E-state index contributed by atoms with van der Waals surface area (Å²) in [5.74, 6) is -3.00. The lowest BCUT2D eigenvalue weighted by atomic mass is 9.82. The lowest BCUT2D eigenvalue weighted by molar-refractivity contribution is -0.678. The number of carbonyl (C=O) groups excluding carboxylic acids is 2. The van der Waals surface area contributed by atoms with E-state index < -0.39 is 39.1 Å². The van der Waals surface area contributed by atoms with Crippen LogP contribution in [0, 0.1) is 5.92 Å². The van der Waals surface area contributed by atoms with Crippen LogP contribution in [0.3, 0.4) is 0 Å². The largest absolute Gasteiger partial charge is 0.550 e. The van der Waals surface area contributed by atoms with Crippen molar-refractivity contribution < 1.29 is 41.9 Å². The summed E-state index contributed by atoms with van der Waals surface area (Å²) in [5.41, 5.74) is 0.